The van der Waals surface area contributed by atoms with Crippen molar-refractivity contribution in [1.29, 1.82) is 0 Å². The number of rotatable bonds is 4. The van der Waals surface area contributed by atoms with Gasteiger partial charge in [-0.05, 0) is 29.8 Å². The summed E-state index contributed by atoms with van der Waals surface area (Å²) in [4.78, 5) is 9.15. The quantitative estimate of drug-likeness (QED) is 0.131. The van der Waals surface area contributed by atoms with E-state index in [1.165, 1.54) is 27.7 Å². The van der Waals surface area contributed by atoms with Crippen LogP contribution in [0.5, 0.6) is 0 Å². The van der Waals surface area contributed by atoms with Gasteiger partial charge in [0.2, 0.25) is 0 Å². The van der Waals surface area contributed by atoms with Gasteiger partial charge in [0.15, 0.2) is 0 Å². The van der Waals surface area contributed by atoms with Crippen molar-refractivity contribution < 1.29 is 28.9 Å². The second-order valence-electron chi connectivity index (χ2n) is 11.5. The maximum absolute atomic E-state index is 12.8. The predicted molar refractivity (Wildman–Crippen MR) is 177 cm³/mol. The van der Waals surface area contributed by atoms with Crippen molar-refractivity contribution in [1.82, 2.24) is 9.97 Å². The minimum Gasteiger partial charge on any atom is 0 e. The molecule has 0 unspecified atom stereocenters. The van der Waals surface area contributed by atoms with Gasteiger partial charge in [-0.25, -0.2) is 0 Å². The number of para-hydroxylation sites is 1. The number of hydrogen-bond acceptors (Lipinski definition) is 3. The Morgan fingerprint density at radius 3 is 2.18 bits per heavy atom. The van der Waals surface area contributed by atoms with Crippen LogP contribution in [0.1, 0.15) is 5.56 Å². The number of fused-ring (bicyclic) bond motifs is 3. The van der Waals surface area contributed by atoms with Crippen LogP contribution in [0.2, 0.25) is 17.3 Å². The molecule has 0 amide bonds. The molecule has 7 aromatic rings. The molecule has 0 spiro atoms. The average molecular weight is 816 g/mol. The van der Waals surface area contributed by atoms with Gasteiger partial charge in [-0.15, -0.1) is 18.2 Å². The molecule has 3 heterocycles. The van der Waals surface area contributed by atoms with E-state index in [1.807, 2.05) is 60.9 Å². The molecule has 0 aliphatic rings. The molecule has 0 atom stereocenters. The van der Waals surface area contributed by atoms with Crippen LogP contribution in [-0.4, -0.2) is 23.2 Å². The summed E-state index contributed by atoms with van der Waals surface area (Å²) in [6.45, 7) is 2.12. The minimum atomic E-state index is -1.79. The first-order valence-corrected chi connectivity index (χ1v) is 21.6. The van der Waals surface area contributed by atoms with E-state index in [1.54, 1.807) is 6.07 Å². The van der Waals surface area contributed by atoms with E-state index in [0.29, 0.717) is 0 Å². The van der Waals surface area contributed by atoms with E-state index in [2.05, 4.69) is 77.7 Å². The normalized spacial score (nSPS) is 11.1. The predicted octanol–water partition coefficient (Wildman–Crippen LogP) is 9.65. The van der Waals surface area contributed by atoms with Crippen molar-refractivity contribution in [3.8, 4) is 33.6 Å². The number of furan rings is 1. The van der Waals surface area contributed by atoms with Gasteiger partial charge in [0.25, 0.3) is 0 Å². The van der Waals surface area contributed by atoms with E-state index in [4.69, 9.17) is 9.40 Å². The molecule has 221 valence electrons. The Bertz CT molecular complexity index is 2020. The van der Waals surface area contributed by atoms with Crippen LogP contribution >= 0.6 is 0 Å². The van der Waals surface area contributed by atoms with Crippen LogP contribution < -0.4 is 4.40 Å². The SMILES string of the molecule is Cc1cc(-c2[c-]ccc3c2oc2ccccc23)ncc1-c1ccccc1.[CH3][Ge]([CH3])([CH3])[c]1ccc(-c2[c-]cc(F)cc2)nc1.[Ir]. The Balaban J connectivity index is 0.000000187. The first-order valence-electron chi connectivity index (χ1n) is 14.3. The maximum atomic E-state index is 12.8. The third-order valence-electron chi connectivity index (χ3n) is 7.47. The van der Waals surface area contributed by atoms with Crippen LogP contribution in [0, 0.1) is 24.9 Å². The van der Waals surface area contributed by atoms with Crippen molar-refractivity contribution in [2.45, 2.75) is 24.2 Å². The Morgan fingerprint density at radius 1 is 0.750 bits per heavy atom. The molecule has 0 aliphatic heterocycles. The summed E-state index contributed by atoms with van der Waals surface area (Å²) in [7, 11) is 0. The van der Waals surface area contributed by atoms with Crippen LogP contribution in [-0.2, 0) is 20.1 Å². The summed E-state index contributed by atoms with van der Waals surface area (Å²) >= 11 is -1.79. The summed E-state index contributed by atoms with van der Waals surface area (Å²) in [5.74, 6) is 6.73. The number of aromatic nitrogens is 2. The van der Waals surface area contributed by atoms with E-state index >= 15 is 0 Å². The number of pyridine rings is 2. The average Bonchev–Trinajstić information content (AvgIpc) is 3.41. The molecule has 6 heteroatoms. The van der Waals surface area contributed by atoms with Gasteiger partial charge in [0.1, 0.15) is 5.58 Å². The number of nitrogens with zero attached hydrogens (tertiary/aromatic N) is 2. The zero-order valence-corrected chi connectivity index (χ0v) is 29.5. The molecule has 3 aromatic heterocycles. The standard InChI is InChI=1S/C24H16NO.C14H15FGeN.Ir/c1-16-14-22(25-15-21(16)17-8-3-2-4-9-17)20-12-7-11-19-18-10-5-6-13-23(18)26-24(19)20;1-16(2,3)13-8-9-14(17-10-13)11-4-6-12(15)7-5-11;/h2-11,13-15H,1H3;4,6-10H,1-3H3;/q2*-1;. The summed E-state index contributed by atoms with van der Waals surface area (Å²) < 4.78 is 20.3. The fraction of sp³-hybridized carbons (Fsp3) is 0.105. The second kappa shape index (κ2) is 13.4. The Morgan fingerprint density at radius 2 is 1.50 bits per heavy atom. The van der Waals surface area contributed by atoms with Crippen LogP contribution in [0.25, 0.3) is 55.6 Å². The molecule has 44 heavy (non-hydrogen) atoms. The minimum absolute atomic E-state index is 0. The van der Waals surface area contributed by atoms with E-state index in [-0.39, 0.29) is 25.9 Å². The van der Waals surface area contributed by atoms with Gasteiger partial charge >= 0.3 is 104 Å². The van der Waals surface area contributed by atoms with Gasteiger partial charge < -0.3 is 9.40 Å². The van der Waals surface area contributed by atoms with E-state index in [9.17, 15) is 4.39 Å². The first kappa shape index (κ1) is 31.5. The Hall–Kier alpha value is -3.90. The summed E-state index contributed by atoms with van der Waals surface area (Å²) in [6.07, 6.45) is 3.89. The third kappa shape index (κ3) is 6.76. The van der Waals surface area contributed by atoms with E-state index < -0.39 is 13.3 Å². The van der Waals surface area contributed by atoms with Crippen LogP contribution in [0.3, 0.4) is 0 Å². The summed E-state index contributed by atoms with van der Waals surface area (Å²) in [5, 5.41) is 2.22. The molecule has 0 saturated heterocycles. The van der Waals surface area contributed by atoms with Crippen molar-refractivity contribution in [2.75, 3.05) is 0 Å². The smallest absolute Gasteiger partial charge is 0 e. The molecule has 3 nitrogen and oxygen atoms in total. The van der Waals surface area contributed by atoms with Crippen LogP contribution in [0.4, 0.5) is 4.39 Å². The number of aryl methyl sites for hydroxylation is 1. The summed E-state index contributed by atoms with van der Waals surface area (Å²) in [6, 6.07) is 39.4. The molecular formula is C38H31FGeIrN2O-2. The fourth-order valence-electron chi connectivity index (χ4n) is 5.06. The topological polar surface area (TPSA) is 38.9 Å². The molecule has 0 aliphatic carbocycles. The van der Waals surface area contributed by atoms with Gasteiger partial charge in [-0.1, -0.05) is 65.5 Å². The number of benzene rings is 4. The maximum Gasteiger partial charge on any atom is 0 e. The zero-order chi connectivity index (χ0) is 30.0. The third-order valence-corrected chi connectivity index (χ3v) is 11.7. The Labute approximate surface area is 273 Å². The second-order valence-corrected chi connectivity index (χ2v) is 22.2. The molecule has 7 rings (SSSR count). The van der Waals surface area contributed by atoms with Crippen LogP contribution in [0.15, 0.2) is 120 Å². The molecule has 1 radical (unpaired) electrons. The molecule has 4 aromatic carbocycles. The van der Waals surface area contributed by atoms with Crippen molar-refractivity contribution in [3.63, 3.8) is 0 Å². The summed E-state index contributed by atoms with van der Waals surface area (Å²) in [5.41, 5.74) is 8.70. The molecular weight excluding hydrogens is 784 g/mol. The van der Waals surface area contributed by atoms with E-state index in [0.717, 1.165) is 50.0 Å². The molecule has 0 bridgehead atoms. The number of hydrogen-bond donors (Lipinski definition) is 0. The monoisotopic (exact) mass is 817 g/mol. The molecule has 0 saturated carbocycles. The van der Waals surface area contributed by atoms with Gasteiger partial charge in [0.05, 0.1) is 5.58 Å². The van der Waals surface area contributed by atoms with Crippen molar-refractivity contribution >= 4 is 39.6 Å². The molecule has 0 fully saturated rings. The fourth-order valence-corrected chi connectivity index (χ4v) is 7.23. The Kier molecular flexibility index (Phi) is 9.60. The van der Waals surface area contributed by atoms with Gasteiger partial charge in [0, 0.05) is 37.3 Å². The van der Waals surface area contributed by atoms with Gasteiger partial charge in [-0.3, -0.25) is 0 Å². The number of halogens is 1. The zero-order valence-electron chi connectivity index (χ0n) is 25.0. The van der Waals surface area contributed by atoms with Crippen molar-refractivity contribution in [2.24, 2.45) is 0 Å². The van der Waals surface area contributed by atoms with Crippen molar-refractivity contribution in [3.05, 3.63) is 139 Å². The first-order chi connectivity index (χ1) is 20.8. The van der Waals surface area contributed by atoms with Gasteiger partial charge in [-0.2, -0.15) is 0 Å². The largest absolute Gasteiger partial charge is 0 e. The molecule has 0 N–H and O–H groups in total.